The zero-order chi connectivity index (χ0) is 20.4. The van der Waals surface area contributed by atoms with Crippen LogP contribution < -0.4 is 0 Å². The first kappa shape index (κ1) is 20.3. The zero-order valence-corrected chi connectivity index (χ0v) is 19.2. The molecule has 7 atom stereocenters. The fourth-order valence-electron chi connectivity index (χ4n) is 8.96. The molecule has 5 aliphatic rings. The predicted molar refractivity (Wildman–Crippen MR) is 118 cm³/mol. The summed E-state index contributed by atoms with van der Waals surface area (Å²) in [7, 11) is 0. The van der Waals surface area contributed by atoms with E-state index in [2.05, 4.69) is 33.8 Å². The zero-order valence-electron chi connectivity index (χ0n) is 19.2. The highest BCUT2D eigenvalue weighted by atomic mass is 16.5. The lowest BCUT2D eigenvalue weighted by molar-refractivity contribution is -0.0557. The molecule has 0 bridgehead atoms. The molecule has 0 amide bonds. The van der Waals surface area contributed by atoms with E-state index in [1.54, 1.807) is 11.1 Å². The fourth-order valence-corrected chi connectivity index (χ4v) is 8.96. The Morgan fingerprint density at radius 1 is 1.00 bits per heavy atom. The number of aliphatic hydroxyl groups excluding tert-OH is 1. The van der Waals surface area contributed by atoms with Gasteiger partial charge in [-0.1, -0.05) is 43.6 Å². The minimum Gasteiger partial charge on any atom is -0.393 e. The first-order valence-electron chi connectivity index (χ1n) is 12.6. The Bertz CT molecular complexity index is 714. The Hall–Kier alpha value is -0.600. The molecule has 1 N–H and O–H groups in total. The van der Waals surface area contributed by atoms with Crippen LogP contribution in [0.5, 0.6) is 0 Å². The molecule has 5 rings (SSSR count). The predicted octanol–water partition coefficient (Wildman–Crippen LogP) is 6.30. The van der Waals surface area contributed by atoms with E-state index in [1.165, 1.54) is 44.9 Å². The van der Waals surface area contributed by atoms with Crippen molar-refractivity contribution in [3.8, 4) is 0 Å². The van der Waals surface area contributed by atoms with E-state index in [-0.39, 0.29) is 6.10 Å². The maximum Gasteiger partial charge on any atom is 0.0577 e. The molecular formula is C27H42O2. The SMILES string of the molecule is CC[C@H]1C=C2C[C@@H](O)CC[C@]2(C)[C@H]2CC[C@]3(C)C(C4CCOCC4)=C(C)C[C@H]3[C@H]12. The molecule has 1 aliphatic heterocycles. The summed E-state index contributed by atoms with van der Waals surface area (Å²) in [5.41, 5.74) is 5.96. The molecule has 2 nitrogen and oxygen atoms in total. The second-order valence-electron chi connectivity index (χ2n) is 11.6. The second kappa shape index (κ2) is 7.23. The van der Waals surface area contributed by atoms with Gasteiger partial charge in [-0.25, -0.2) is 0 Å². The summed E-state index contributed by atoms with van der Waals surface area (Å²) in [5.74, 6) is 3.95. The first-order chi connectivity index (χ1) is 13.9. The summed E-state index contributed by atoms with van der Waals surface area (Å²) in [5, 5.41) is 10.4. The Labute approximate surface area is 178 Å². The summed E-state index contributed by atoms with van der Waals surface area (Å²) in [6.07, 6.45) is 13.5. The average Bonchev–Trinajstić information content (AvgIpc) is 2.98. The van der Waals surface area contributed by atoms with Crippen molar-refractivity contribution in [1.29, 1.82) is 0 Å². The third kappa shape index (κ3) is 2.95. The maximum absolute atomic E-state index is 10.4. The van der Waals surface area contributed by atoms with Crippen LogP contribution in [-0.2, 0) is 4.74 Å². The van der Waals surface area contributed by atoms with Crippen LogP contribution in [0.4, 0.5) is 0 Å². The maximum atomic E-state index is 10.4. The Kier molecular flexibility index (Phi) is 5.06. The topological polar surface area (TPSA) is 29.5 Å². The smallest absolute Gasteiger partial charge is 0.0577 e. The highest BCUT2D eigenvalue weighted by Gasteiger charge is 2.60. The van der Waals surface area contributed by atoms with Crippen LogP contribution in [0.25, 0.3) is 0 Å². The third-order valence-electron chi connectivity index (χ3n) is 10.3. The number of fused-ring (bicyclic) bond motifs is 5. The molecule has 1 heterocycles. The van der Waals surface area contributed by atoms with E-state index in [1.807, 2.05) is 5.57 Å². The Balaban J connectivity index is 1.51. The number of ether oxygens (including phenoxy) is 1. The lowest BCUT2D eigenvalue weighted by Gasteiger charge is -2.60. The summed E-state index contributed by atoms with van der Waals surface area (Å²) in [6.45, 7) is 12.0. The minimum atomic E-state index is -0.104. The van der Waals surface area contributed by atoms with Crippen LogP contribution in [-0.4, -0.2) is 24.4 Å². The van der Waals surface area contributed by atoms with Crippen molar-refractivity contribution >= 4 is 0 Å². The van der Waals surface area contributed by atoms with Gasteiger partial charge in [0.05, 0.1) is 6.10 Å². The molecule has 1 saturated heterocycles. The average molecular weight is 399 g/mol. The normalized spacial score (nSPS) is 48.0. The number of rotatable bonds is 2. The molecule has 4 aliphatic carbocycles. The van der Waals surface area contributed by atoms with E-state index in [0.717, 1.165) is 49.7 Å². The summed E-state index contributed by atoms with van der Waals surface area (Å²) < 4.78 is 5.71. The van der Waals surface area contributed by atoms with E-state index in [0.29, 0.717) is 16.7 Å². The Morgan fingerprint density at radius 2 is 1.72 bits per heavy atom. The van der Waals surface area contributed by atoms with Crippen LogP contribution in [0.3, 0.4) is 0 Å². The molecule has 162 valence electrons. The molecule has 2 heteroatoms. The molecule has 3 fully saturated rings. The number of aliphatic hydroxyl groups is 1. The lowest BCUT2D eigenvalue weighted by Crippen LogP contribution is -2.53. The minimum absolute atomic E-state index is 0.104. The molecule has 0 unspecified atom stereocenters. The summed E-state index contributed by atoms with van der Waals surface area (Å²) >= 11 is 0. The van der Waals surface area contributed by atoms with Gasteiger partial charge in [-0.3, -0.25) is 0 Å². The van der Waals surface area contributed by atoms with E-state index in [9.17, 15) is 5.11 Å². The quantitative estimate of drug-likeness (QED) is 0.553. The van der Waals surface area contributed by atoms with Gasteiger partial charge in [0.15, 0.2) is 0 Å². The van der Waals surface area contributed by atoms with Crippen molar-refractivity contribution in [2.75, 3.05) is 13.2 Å². The van der Waals surface area contributed by atoms with Gasteiger partial charge >= 0.3 is 0 Å². The standard InChI is InChI=1S/C27H42O2/c1-5-18-15-20-16-21(28)6-10-26(20,3)22-7-11-27(4)23(24(18)22)14-17(2)25(27)19-8-12-29-13-9-19/h15,18-19,21-24,28H,5-14,16H2,1-4H3/t18-,21-,22-,23-,24+,26-,27-/m0/s1. The van der Waals surface area contributed by atoms with Gasteiger partial charge in [-0.05, 0) is 105 Å². The van der Waals surface area contributed by atoms with Crippen molar-refractivity contribution in [2.45, 2.75) is 91.6 Å². The van der Waals surface area contributed by atoms with Gasteiger partial charge < -0.3 is 9.84 Å². The van der Waals surface area contributed by atoms with Gasteiger partial charge in [0.1, 0.15) is 0 Å². The van der Waals surface area contributed by atoms with Gasteiger partial charge in [0, 0.05) is 13.2 Å². The van der Waals surface area contributed by atoms with Crippen molar-refractivity contribution < 1.29 is 9.84 Å². The first-order valence-corrected chi connectivity index (χ1v) is 12.6. The molecule has 0 spiro atoms. The third-order valence-corrected chi connectivity index (χ3v) is 10.3. The molecular weight excluding hydrogens is 356 g/mol. The van der Waals surface area contributed by atoms with Gasteiger partial charge in [-0.15, -0.1) is 0 Å². The van der Waals surface area contributed by atoms with Gasteiger partial charge in [-0.2, -0.15) is 0 Å². The van der Waals surface area contributed by atoms with Crippen LogP contribution in [0.1, 0.15) is 85.5 Å². The van der Waals surface area contributed by atoms with E-state index in [4.69, 9.17) is 4.74 Å². The van der Waals surface area contributed by atoms with Crippen molar-refractivity contribution in [1.82, 2.24) is 0 Å². The number of hydrogen-bond donors (Lipinski definition) is 1. The molecule has 2 saturated carbocycles. The molecule has 29 heavy (non-hydrogen) atoms. The van der Waals surface area contributed by atoms with E-state index < -0.39 is 0 Å². The number of hydrogen-bond acceptors (Lipinski definition) is 2. The second-order valence-corrected chi connectivity index (χ2v) is 11.6. The lowest BCUT2D eigenvalue weighted by atomic mass is 9.45. The highest BCUT2D eigenvalue weighted by Crippen LogP contribution is 2.68. The molecule has 0 aromatic carbocycles. The molecule has 0 aromatic heterocycles. The fraction of sp³-hybridized carbons (Fsp3) is 0.852. The van der Waals surface area contributed by atoms with Gasteiger partial charge in [0.25, 0.3) is 0 Å². The summed E-state index contributed by atoms with van der Waals surface area (Å²) in [4.78, 5) is 0. The van der Waals surface area contributed by atoms with Crippen LogP contribution >= 0.6 is 0 Å². The van der Waals surface area contributed by atoms with Gasteiger partial charge in [0.2, 0.25) is 0 Å². The van der Waals surface area contributed by atoms with Crippen molar-refractivity contribution in [2.24, 2.45) is 40.4 Å². The van der Waals surface area contributed by atoms with Crippen LogP contribution in [0.15, 0.2) is 22.8 Å². The number of allylic oxidation sites excluding steroid dienone is 3. The van der Waals surface area contributed by atoms with Crippen molar-refractivity contribution in [3.05, 3.63) is 22.8 Å². The Morgan fingerprint density at radius 3 is 2.45 bits per heavy atom. The van der Waals surface area contributed by atoms with Crippen molar-refractivity contribution in [3.63, 3.8) is 0 Å². The van der Waals surface area contributed by atoms with E-state index >= 15 is 0 Å². The molecule has 0 radical (unpaired) electrons. The highest BCUT2D eigenvalue weighted by molar-refractivity contribution is 5.36. The largest absolute Gasteiger partial charge is 0.393 e. The van der Waals surface area contributed by atoms with Crippen LogP contribution in [0.2, 0.25) is 0 Å². The monoisotopic (exact) mass is 398 g/mol. The molecule has 0 aromatic rings. The summed E-state index contributed by atoms with van der Waals surface area (Å²) in [6, 6.07) is 0. The van der Waals surface area contributed by atoms with Crippen LogP contribution in [0, 0.1) is 40.4 Å².